The van der Waals surface area contributed by atoms with Crippen LogP contribution in [0.1, 0.15) is 30.1 Å². The predicted octanol–water partition coefficient (Wildman–Crippen LogP) is 7.14. The van der Waals surface area contributed by atoms with Crippen LogP contribution in [0.25, 0.3) is 0 Å². The summed E-state index contributed by atoms with van der Waals surface area (Å²) in [5, 5.41) is 3.10. The van der Waals surface area contributed by atoms with Gasteiger partial charge in [0.25, 0.3) is 5.91 Å². The molecule has 1 N–H and O–H groups in total. The SMILES string of the molecule is CC(NC1=CC(c2cccc(OC(F)(F)C(F)F)c2)N(c2ccc(OC(F)(F)F)cc2)C1=O)c1ccccc1. The van der Waals surface area contributed by atoms with Crippen LogP contribution in [0.2, 0.25) is 0 Å². The van der Waals surface area contributed by atoms with Gasteiger partial charge in [-0.15, -0.1) is 13.2 Å². The molecular weight excluding hydrogens is 533 g/mol. The van der Waals surface area contributed by atoms with E-state index in [9.17, 15) is 35.5 Å². The lowest BCUT2D eigenvalue weighted by atomic mass is 10.1. The Morgan fingerprint density at radius 1 is 0.846 bits per heavy atom. The van der Waals surface area contributed by atoms with Crippen molar-refractivity contribution in [3.8, 4) is 11.5 Å². The van der Waals surface area contributed by atoms with Gasteiger partial charge in [0.1, 0.15) is 11.5 Å². The van der Waals surface area contributed by atoms with Gasteiger partial charge >= 0.3 is 18.9 Å². The smallest absolute Gasteiger partial charge is 0.428 e. The summed E-state index contributed by atoms with van der Waals surface area (Å²) in [6.45, 7) is 1.81. The van der Waals surface area contributed by atoms with Gasteiger partial charge in [-0.3, -0.25) is 9.69 Å². The monoisotopic (exact) mass is 554 g/mol. The largest absolute Gasteiger partial charge is 0.573 e. The van der Waals surface area contributed by atoms with Crippen molar-refractivity contribution in [2.75, 3.05) is 4.90 Å². The van der Waals surface area contributed by atoms with E-state index in [1.165, 1.54) is 35.2 Å². The van der Waals surface area contributed by atoms with Gasteiger partial charge in [0.05, 0.1) is 11.7 Å². The molecule has 1 heterocycles. The molecule has 0 fully saturated rings. The third-order valence-electron chi connectivity index (χ3n) is 5.78. The van der Waals surface area contributed by atoms with E-state index in [0.29, 0.717) is 0 Å². The minimum atomic E-state index is -4.92. The van der Waals surface area contributed by atoms with Crippen LogP contribution in [-0.4, -0.2) is 24.8 Å². The Kier molecular flexibility index (Phi) is 7.75. The van der Waals surface area contributed by atoms with E-state index in [2.05, 4.69) is 14.8 Å². The Hall–Kier alpha value is -4.22. The first-order valence-corrected chi connectivity index (χ1v) is 11.5. The number of halogens is 7. The van der Waals surface area contributed by atoms with Crippen molar-refractivity contribution in [2.24, 2.45) is 0 Å². The number of anilines is 1. The van der Waals surface area contributed by atoms with E-state index in [1.807, 2.05) is 37.3 Å². The Bertz CT molecular complexity index is 1330. The van der Waals surface area contributed by atoms with Crippen molar-refractivity contribution in [3.05, 3.63) is 102 Å². The number of hydrogen-bond acceptors (Lipinski definition) is 4. The van der Waals surface area contributed by atoms with Crippen LogP contribution in [0.3, 0.4) is 0 Å². The molecule has 0 aliphatic carbocycles. The fourth-order valence-corrected chi connectivity index (χ4v) is 4.02. The molecule has 1 aliphatic heterocycles. The summed E-state index contributed by atoms with van der Waals surface area (Å²) < 4.78 is 98.2. The molecule has 1 aliphatic rings. The van der Waals surface area contributed by atoms with E-state index < -0.39 is 42.3 Å². The zero-order chi connectivity index (χ0) is 28.4. The molecule has 206 valence electrons. The van der Waals surface area contributed by atoms with E-state index in [4.69, 9.17) is 0 Å². The highest BCUT2D eigenvalue weighted by Gasteiger charge is 2.44. The summed E-state index contributed by atoms with van der Waals surface area (Å²) in [7, 11) is 0. The molecule has 5 nitrogen and oxygen atoms in total. The molecule has 0 radical (unpaired) electrons. The highest BCUT2D eigenvalue weighted by Crippen LogP contribution is 2.38. The zero-order valence-electron chi connectivity index (χ0n) is 20.1. The van der Waals surface area contributed by atoms with Crippen molar-refractivity contribution in [1.29, 1.82) is 0 Å². The molecule has 0 bridgehead atoms. The maximum Gasteiger partial charge on any atom is 0.573 e. The van der Waals surface area contributed by atoms with Gasteiger partial charge in [-0.25, -0.2) is 0 Å². The number of nitrogens with one attached hydrogen (secondary N) is 1. The maximum absolute atomic E-state index is 13.5. The van der Waals surface area contributed by atoms with E-state index in [1.54, 1.807) is 0 Å². The fraction of sp³-hybridized carbons (Fsp3) is 0.222. The quantitative estimate of drug-likeness (QED) is 0.286. The first kappa shape index (κ1) is 27.8. The van der Waals surface area contributed by atoms with Gasteiger partial charge in [-0.05, 0) is 60.5 Å². The molecule has 4 rings (SSSR count). The molecule has 0 aromatic heterocycles. The van der Waals surface area contributed by atoms with Gasteiger partial charge in [0.15, 0.2) is 0 Å². The van der Waals surface area contributed by atoms with Crippen LogP contribution in [0.15, 0.2) is 90.6 Å². The van der Waals surface area contributed by atoms with Crippen LogP contribution in [0.4, 0.5) is 36.4 Å². The summed E-state index contributed by atoms with van der Waals surface area (Å²) >= 11 is 0. The van der Waals surface area contributed by atoms with Crippen molar-refractivity contribution in [2.45, 2.75) is 37.9 Å². The van der Waals surface area contributed by atoms with E-state index >= 15 is 0 Å². The molecule has 1 amide bonds. The van der Waals surface area contributed by atoms with E-state index in [0.717, 1.165) is 29.8 Å². The summed E-state index contributed by atoms with van der Waals surface area (Å²) in [6.07, 6.45) is -12.2. The van der Waals surface area contributed by atoms with Gasteiger partial charge in [0.2, 0.25) is 0 Å². The minimum absolute atomic E-state index is 0.135. The molecular formula is C27H21F7N2O3. The van der Waals surface area contributed by atoms with Crippen molar-refractivity contribution >= 4 is 11.6 Å². The van der Waals surface area contributed by atoms with Gasteiger partial charge in [-0.1, -0.05) is 42.5 Å². The number of rotatable bonds is 9. The fourth-order valence-electron chi connectivity index (χ4n) is 4.02. The summed E-state index contributed by atoms with van der Waals surface area (Å²) in [6, 6.07) is 17.3. The number of carbonyl (C=O) groups is 1. The van der Waals surface area contributed by atoms with Crippen molar-refractivity contribution in [3.63, 3.8) is 0 Å². The third-order valence-corrected chi connectivity index (χ3v) is 5.78. The number of benzene rings is 3. The molecule has 2 unspecified atom stereocenters. The Labute approximate surface area is 218 Å². The lowest BCUT2D eigenvalue weighted by Crippen LogP contribution is -2.34. The van der Waals surface area contributed by atoms with Crippen LogP contribution < -0.4 is 19.7 Å². The molecule has 12 heteroatoms. The lowest BCUT2D eigenvalue weighted by molar-refractivity contribution is -0.274. The standard InChI is InChI=1S/C27H21F7N2O3/c1-16(17-6-3-2-4-7-17)35-22-15-23(18-8-5-9-21(14-18)38-26(30,31)25(28)29)36(24(22)37)19-10-12-20(13-11-19)39-27(32,33)34/h2-16,23,25,35H,1H3. The highest BCUT2D eigenvalue weighted by atomic mass is 19.4. The van der Waals surface area contributed by atoms with E-state index in [-0.39, 0.29) is 23.0 Å². The topological polar surface area (TPSA) is 50.8 Å². The second kappa shape index (κ2) is 10.9. The average Bonchev–Trinajstić information content (AvgIpc) is 3.19. The second-order valence-electron chi connectivity index (χ2n) is 8.56. The van der Waals surface area contributed by atoms with Gasteiger partial charge in [0, 0.05) is 11.7 Å². The summed E-state index contributed by atoms with van der Waals surface area (Å²) in [5.74, 6) is -1.63. The number of carbonyl (C=O) groups excluding carboxylic acids is 1. The lowest BCUT2D eigenvalue weighted by Gasteiger charge is -2.26. The number of nitrogens with zero attached hydrogens (tertiary/aromatic N) is 1. The molecule has 3 aromatic carbocycles. The second-order valence-corrected chi connectivity index (χ2v) is 8.56. The zero-order valence-corrected chi connectivity index (χ0v) is 20.1. The number of ether oxygens (including phenoxy) is 2. The van der Waals surface area contributed by atoms with Crippen LogP contribution in [0.5, 0.6) is 11.5 Å². The predicted molar refractivity (Wildman–Crippen MR) is 127 cm³/mol. The van der Waals surface area contributed by atoms with Crippen molar-refractivity contribution in [1.82, 2.24) is 5.32 Å². The molecule has 2 atom stereocenters. The molecule has 3 aromatic rings. The third kappa shape index (κ3) is 6.62. The normalized spacial score (nSPS) is 16.7. The Balaban J connectivity index is 1.68. The van der Waals surface area contributed by atoms with Gasteiger partial charge < -0.3 is 14.8 Å². The number of hydrogen-bond donors (Lipinski definition) is 1. The minimum Gasteiger partial charge on any atom is -0.428 e. The van der Waals surface area contributed by atoms with Crippen molar-refractivity contribution < 1.29 is 45.0 Å². The summed E-state index contributed by atoms with van der Waals surface area (Å²) in [5.41, 5.74) is 1.39. The maximum atomic E-state index is 13.5. The van der Waals surface area contributed by atoms with Crippen LogP contribution in [0, 0.1) is 0 Å². The average molecular weight is 554 g/mol. The van der Waals surface area contributed by atoms with Crippen LogP contribution in [-0.2, 0) is 4.79 Å². The Morgan fingerprint density at radius 3 is 2.13 bits per heavy atom. The summed E-state index contributed by atoms with van der Waals surface area (Å²) in [4.78, 5) is 14.7. The first-order valence-electron chi connectivity index (χ1n) is 11.5. The molecule has 0 saturated carbocycles. The highest BCUT2D eigenvalue weighted by molar-refractivity contribution is 6.09. The number of alkyl halides is 7. The molecule has 0 saturated heterocycles. The first-order chi connectivity index (χ1) is 18.3. The Morgan fingerprint density at radius 2 is 1.51 bits per heavy atom. The van der Waals surface area contributed by atoms with Gasteiger partial charge in [-0.2, -0.15) is 17.6 Å². The molecule has 39 heavy (non-hydrogen) atoms. The number of amides is 1. The van der Waals surface area contributed by atoms with Crippen LogP contribution >= 0.6 is 0 Å². The molecule has 0 spiro atoms.